The summed E-state index contributed by atoms with van der Waals surface area (Å²) < 4.78 is 0. The predicted octanol–water partition coefficient (Wildman–Crippen LogP) is 2.65. The SMILES string of the molecule is CSCCCCCCCCN. The van der Waals surface area contributed by atoms with E-state index in [1.807, 2.05) is 11.8 Å². The van der Waals surface area contributed by atoms with Gasteiger partial charge in [-0.15, -0.1) is 0 Å². The van der Waals surface area contributed by atoms with Gasteiger partial charge >= 0.3 is 0 Å². The lowest BCUT2D eigenvalue weighted by molar-refractivity contribution is 0.614. The fourth-order valence-corrected chi connectivity index (χ4v) is 1.59. The maximum Gasteiger partial charge on any atom is -0.00703 e. The van der Waals surface area contributed by atoms with E-state index in [1.54, 1.807) is 0 Å². The molecule has 0 saturated carbocycles. The molecule has 0 aromatic carbocycles. The summed E-state index contributed by atoms with van der Waals surface area (Å²) in [6.07, 6.45) is 10.3. The number of hydrogen-bond acceptors (Lipinski definition) is 2. The fourth-order valence-electron chi connectivity index (χ4n) is 1.10. The van der Waals surface area contributed by atoms with Crippen LogP contribution < -0.4 is 5.73 Å². The molecule has 0 aliphatic carbocycles. The van der Waals surface area contributed by atoms with Crippen LogP contribution in [0.3, 0.4) is 0 Å². The van der Waals surface area contributed by atoms with Crippen LogP contribution in [0.5, 0.6) is 0 Å². The molecule has 68 valence electrons. The second-order valence-corrected chi connectivity index (χ2v) is 3.89. The minimum Gasteiger partial charge on any atom is -0.330 e. The van der Waals surface area contributed by atoms with Crippen LogP contribution >= 0.6 is 11.8 Å². The van der Waals surface area contributed by atoms with E-state index in [2.05, 4.69) is 6.26 Å². The first kappa shape index (κ1) is 11.3. The number of rotatable bonds is 8. The molecule has 0 aliphatic rings. The molecule has 0 unspecified atom stereocenters. The summed E-state index contributed by atoms with van der Waals surface area (Å²) >= 11 is 1.95. The molecule has 0 amide bonds. The van der Waals surface area contributed by atoms with Crippen LogP contribution in [0.25, 0.3) is 0 Å². The van der Waals surface area contributed by atoms with Crippen molar-refractivity contribution in [3.8, 4) is 0 Å². The van der Waals surface area contributed by atoms with Crippen LogP contribution in [0.15, 0.2) is 0 Å². The summed E-state index contributed by atoms with van der Waals surface area (Å²) in [5.41, 5.74) is 5.39. The lowest BCUT2D eigenvalue weighted by atomic mass is 10.1. The Kier molecular flexibility index (Phi) is 10.6. The first-order chi connectivity index (χ1) is 5.41. The molecule has 0 radical (unpaired) electrons. The Morgan fingerprint density at radius 1 is 0.909 bits per heavy atom. The van der Waals surface area contributed by atoms with Gasteiger partial charge in [-0.2, -0.15) is 11.8 Å². The number of thioether (sulfide) groups is 1. The normalized spacial score (nSPS) is 10.4. The third-order valence-corrected chi connectivity index (χ3v) is 2.50. The third-order valence-electron chi connectivity index (χ3n) is 1.80. The largest absolute Gasteiger partial charge is 0.330 e. The first-order valence-corrected chi connectivity index (χ1v) is 6.00. The molecule has 0 bridgehead atoms. The van der Waals surface area contributed by atoms with Gasteiger partial charge in [0, 0.05) is 0 Å². The second kappa shape index (κ2) is 10.3. The summed E-state index contributed by atoms with van der Waals surface area (Å²) in [4.78, 5) is 0. The molecular weight excluding hydrogens is 154 g/mol. The lowest BCUT2D eigenvalue weighted by Gasteiger charge is -1.98. The zero-order valence-electron chi connectivity index (χ0n) is 7.64. The summed E-state index contributed by atoms with van der Waals surface area (Å²) in [6.45, 7) is 0.866. The highest BCUT2D eigenvalue weighted by Gasteiger charge is 1.89. The van der Waals surface area contributed by atoms with E-state index in [0.29, 0.717) is 0 Å². The van der Waals surface area contributed by atoms with E-state index in [9.17, 15) is 0 Å². The van der Waals surface area contributed by atoms with E-state index >= 15 is 0 Å². The number of unbranched alkanes of at least 4 members (excludes halogenated alkanes) is 5. The van der Waals surface area contributed by atoms with Gasteiger partial charge in [0.2, 0.25) is 0 Å². The number of nitrogens with two attached hydrogens (primary N) is 1. The Morgan fingerprint density at radius 3 is 2.00 bits per heavy atom. The van der Waals surface area contributed by atoms with Gasteiger partial charge in [0.15, 0.2) is 0 Å². The van der Waals surface area contributed by atoms with Crippen LogP contribution in [-0.4, -0.2) is 18.6 Å². The number of hydrogen-bond donors (Lipinski definition) is 1. The Bertz CT molecular complexity index is 58.6. The molecule has 0 aliphatic heterocycles. The van der Waals surface area contributed by atoms with Crippen molar-refractivity contribution in [2.24, 2.45) is 5.73 Å². The van der Waals surface area contributed by atoms with Crippen LogP contribution in [0, 0.1) is 0 Å². The third kappa shape index (κ3) is 10.3. The van der Waals surface area contributed by atoms with Crippen molar-refractivity contribution < 1.29 is 0 Å². The average molecular weight is 175 g/mol. The van der Waals surface area contributed by atoms with Gasteiger partial charge in [-0.05, 0) is 31.4 Å². The summed E-state index contributed by atoms with van der Waals surface area (Å²) in [6, 6.07) is 0. The summed E-state index contributed by atoms with van der Waals surface area (Å²) in [5.74, 6) is 1.33. The summed E-state index contributed by atoms with van der Waals surface area (Å²) in [5, 5.41) is 0. The smallest absolute Gasteiger partial charge is 0.00703 e. The molecule has 2 heteroatoms. The van der Waals surface area contributed by atoms with Gasteiger partial charge in [-0.25, -0.2) is 0 Å². The van der Waals surface area contributed by atoms with E-state index in [0.717, 1.165) is 6.54 Å². The van der Waals surface area contributed by atoms with Crippen molar-refractivity contribution in [2.45, 2.75) is 38.5 Å². The summed E-state index contributed by atoms with van der Waals surface area (Å²) in [7, 11) is 0. The average Bonchev–Trinajstić information content (AvgIpc) is 2.03. The Labute approximate surface area is 75.1 Å². The first-order valence-electron chi connectivity index (χ1n) is 4.61. The standard InChI is InChI=1S/C9H21NS/c1-11-9-7-5-3-2-4-6-8-10/h2-10H2,1H3. The van der Waals surface area contributed by atoms with Gasteiger partial charge in [0.1, 0.15) is 0 Å². The van der Waals surface area contributed by atoms with E-state index < -0.39 is 0 Å². The van der Waals surface area contributed by atoms with Gasteiger partial charge < -0.3 is 5.73 Å². The molecule has 1 nitrogen and oxygen atoms in total. The molecule has 0 rings (SSSR count). The van der Waals surface area contributed by atoms with Crippen LogP contribution in [0.2, 0.25) is 0 Å². The molecule has 0 heterocycles. The van der Waals surface area contributed by atoms with Crippen molar-refractivity contribution in [3.63, 3.8) is 0 Å². The molecule has 2 N–H and O–H groups in total. The van der Waals surface area contributed by atoms with E-state index in [4.69, 9.17) is 5.73 Å². The zero-order chi connectivity index (χ0) is 8.36. The minimum atomic E-state index is 0.866. The van der Waals surface area contributed by atoms with Crippen molar-refractivity contribution in [2.75, 3.05) is 18.6 Å². The minimum absolute atomic E-state index is 0.866. The Balaban J connectivity index is 2.69. The maximum atomic E-state index is 5.39. The van der Waals surface area contributed by atoms with Crippen LogP contribution in [0.1, 0.15) is 38.5 Å². The molecule has 0 atom stereocenters. The van der Waals surface area contributed by atoms with Gasteiger partial charge in [0.05, 0.1) is 0 Å². The lowest BCUT2D eigenvalue weighted by Crippen LogP contribution is -1.97. The molecular formula is C9H21NS. The Morgan fingerprint density at radius 2 is 1.45 bits per heavy atom. The molecule has 0 spiro atoms. The van der Waals surface area contributed by atoms with E-state index in [-0.39, 0.29) is 0 Å². The van der Waals surface area contributed by atoms with Gasteiger partial charge in [-0.3, -0.25) is 0 Å². The van der Waals surface area contributed by atoms with Crippen LogP contribution in [0.4, 0.5) is 0 Å². The molecule has 11 heavy (non-hydrogen) atoms. The maximum absolute atomic E-state index is 5.39. The second-order valence-electron chi connectivity index (χ2n) is 2.90. The predicted molar refractivity (Wildman–Crippen MR) is 55.1 cm³/mol. The quantitative estimate of drug-likeness (QED) is 0.574. The highest BCUT2D eigenvalue weighted by atomic mass is 32.2. The van der Waals surface area contributed by atoms with Gasteiger partial charge in [-0.1, -0.05) is 25.7 Å². The topological polar surface area (TPSA) is 26.0 Å². The van der Waals surface area contributed by atoms with Gasteiger partial charge in [0.25, 0.3) is 0 Å². The Hall–Kier alpha value is 0.310. The monoisotopic (exact) mass is 175 g/mol. The van der Waals surface area contributed by atoms with Crippen molar-refractivity contribution in [1.29, 1.82) is 0 Å². The fraction of sp³-hybridized carbons (Fsp3) is 1.00. The van der Waals surface area contributed by atoms with Crippen LogP contribution in [-0.2, 0) is 0 Å². The molecule has 0 aromatic heterocycles. The van der Waals surface area contributed by atoms with Crippen molar-refractivity contribution >= 4 is 11.8 Å². The van der Waals surface area contributed by atoms with E-state index in [1.165, 1.54) is 44.3 Å². The van der Waals surface area contributed by atoms with Crippen molar-refractivity contribution in [3.05, 3.63) is 0 Å². The zero-order valence-corrected chi connectivity index (χ0v) is 8.46. The highest BCUT2D eigenvalue weighted by molar-refractivity contribution is 7.98. The molecule has 0 saturated heterocycles. The highest BCUT2D eigenvalue weighted by Crippen LogP contribution is 2.07. The van der Waals surface area contributed by atoms with Crippen molar-refractivity contribution in [1.82, 2.24) is 0 Å². The molecule has 0 aromatic rings. The molecule has 0 fully saturated rings.